The van der Waals surface area contributed by atoms with Crippen molar-refractivity contribution in [3.8, 4) is 5.75 Å². The number of hydrogen-bond donors (Lipinski definition) is 2. The van der Waals surface area contributed by atoms with Crippen LogP contribution in [0, 0.1) is 19.7 Å². The van der Waals surface area contributed by atoms with Crippen LogP contribution in [-0.4, -0.2) is 10.1 Å². The maximum atomic E-state index is 12.9. The molecule has 4 heteroatoms. The third-order valence-corrected chi connectivity index (χ3v) is 3.39. The normalized spacial score (nSPS) is 12.2. The van der Waals surface area contributed by atoms with E-state index in [-0.39, 0.29) is 11.9 Å². The van der Waals surface area contributed by atoms with Crippen molar-refractivity contribution in [3.63, 3.8) is 0 Å². The minimum atomic E-state index is -0.333. The Morgan fingerprint density at radius 2 is 2.00 bits per heavy atom. The molecule has 0 aliphatic carbocycles. The summed E-state index contributed by atoms with van der Waals surface area (Å²) in [5, 5.41) is 13.1. The molecule has 0 amide bonds. The van der Waals surface area contributed by atoms with Crippen molar-refractivity contribution in [2.45, 2.75) is 33.2 Å². The fraction of sp³-hybridized carbons (Fsp3) is 0.312. The highest BCUT2D eigenvalue weighted by atomic mass is 19.1. The molecule has 0 aliphatic heterocycles. The van der Waals surface area contributed by atoms with Crippen LogP contribution in [0.4, 0.5) is 10.1 Å². The van der Waals surface area contributed by atoms with Crippen molar-refractivity contribution in [2.24, 2.45) is 0 Å². The van der Waals surface area contributed by atoms with Crippen molar-refractivity contribution in [3.05, 3.63) is 53.1 Å². The Kier molecular flexibility index (Phi) is 4.23. The quantitative estimate of drug-likeness (QED) is 0.825. The summed E-state index contributed by atoms with van der Waals surface area (Å²) in [6.45, 7) is 5.84. The van der Waals surface area contributed by atoms with Crippen LogP contribution in [0.2, 0.25) is 0 Å². The van der Waals surface area contributed by atoms with Crippen LogP contribution in [0.1, 0.15) is 36.2 Å². The first-order valence-electron chi connectivity index (χ1n) is 6.69. The van der Waals surface area contributed by atoms with E-state index in [1.54, 1.807) is 12.1 Å². The van der Waals surface area contributed by atoms with Gasteiger partial charge >= 0.3 is 0 Å². The van der Waals surface area contributed by atoms with Gasteiger partial charge in [0.2, 0.25) is 0 Å². The van der Waals surface area contributed by atoms with Gasteiger partial charge in [0.05, 0.1) is 17.9 Å². The number of hydrogen-bond acceptors (Lipinski definition) is 3. The molecule has 2 N–H and O–H groups in total. The highest BCUT2D eigenvalue weighted by Crippen LogP contribution is 2.28. The highest BCUT2D eigenvalue weighted by molar-refractivity contribution is 5.57. The molecule has 1 aromatic carbocycles. The van der Waals surface area contributed by atoms with Gasteiger partial charge in [0.25, 0.3) is 0 Å². The lowest BCUT2D eigenvalue weighted by atomic mass is 10.1. The van der Waals surface area contributed by atoms with Crippen LogP contribution < -0.4 is 5.32 Å². The predicted molar refractivity (Wildman–Crippen MR) is 78.4 cm³/mol. The zero-order valence-electron chi connectivity index (χ0n) is 11.9. The summed E-state index contributed by atoms with van der Waals surface area (Å²) in [6, 6.07) is 6.78. The van der Waals surface area contributed by atoms with Gasteiger partial charge in [-0.15, -0.1) is 0 Å². The molecule has 0 radical (unpaired) electrons. The van der Waals surface area contributed by atoms with Crippen molar-refractivity contribution >= 4 is 5.69 Å². The number of aromatic nitrogens is 1. The lowest BCUT2D eigenvalue weighted by Crippen LogP contribution is -2.12. The van der Waals surface area contributed by atoms with Crippen molar-refractivity contribution in [2.75, 3.05) is 5.32 Å². The summed E-state index contributed by atoms with van der Waals surface area (Å²) in [7, 11) is 0. The second-order valence-electron chi connectivity index (χ2n) is 4.96. The topological polar surface area (TPSA) is 45.1 Å². The molecule has 2 aromatic rings. The van der Waals surface area contributed by atoms with E-state index in [2.05, 4.69) is 10.3 Å². The first-order chi connectivity index (χ1) is 9.51. The molecule has 0 bridgehead atoms. The third-order valence-electron chi connectivity index (χ3n) is 3.39. The molecule has 3 nitrogen and oxygen atoms in total. The third kappa shape index (κ3) is 3.07. The van der Waals surface area contributed by atoms with E-state index in [9.17, 15) is 9.50 Å². The fourth-order valence-electron chi connectivity index (χ4n) is 2.12. The second kappa shape index (κ2) is 5.90. The number of rotatable bonds is 4. The maximum absolute atomic E-state index is 12.9. The van der Waals surface area contributed by atoms with Crippen molar-refractivity contribution < 1.29 is 9.50 Å². The zero-order valence-corrected chi connectivity index (χ0v) is 11.9. The van der Waals surface area contributed by atoms with E-state index < -0.39 is 0 Å². The summed E-state index contributed by atoms with van der Waals surface area (Å²) in [4.78, 5) is 4.13. The molecule has 2 rings (SSSR count). The number of aromatic hydroxyl groups is 1. The SMILES string of the molecule is CCC(Nc1cc(C)c(O)cc1C)c1ccc(F)cn1. The molecule has 1 heterocycles. The molecule has 0 spiro atoms. The number of benzene rings is 1. The lowest BCUT2D eigenvalue weighted by molar-refractivity contribution is 0.470. The molecule has 0 saturated carbocycles. The summed E-state index contributed by atoms with van der Waals surface area (Å²) >= 11 is 0. The van der Waals surface area contributed by atoms with Gasteiger partial charge in [-0.2, -0.15) is 0 Å². The molecule has 0 saturated heterocycles. The first kappa shape index (κ1) is 14.3. The molecular formula is C16H19FN2O. The number of anilines is 1. The van der Waals surface area contributed by atoms with Crippen molar-refractivity contribution in [1.29, 1.82) is 0 Å². The van der Waals surface area contributed by atoms with Crippen LogP contribution in [0.15, 0.2) is 30.5 Å². The van der Waals surface area contributed by atoms with Gasteiger partial charge in [-0.25, -0.2) is 4.39 Å². The zero-order chi connectivity index (χ0) is 14.7. The Morgan fingerprint density at radius 1 is 1.25 bits per heavy atom. The summed E-state index contributed by atoms with van der Waals surface area (Å²) in [5.41, 5.74) is 3.55. The van der Waals surface area contributed by atoms with Gasteiger partial charge in [0.1, 0.15) is 11.6 Å². The molecule has 20 heavy (non-hydrogen) atoms. The first-order valence-corrected chi connectivity index (χ1v) is 6.69. The Labute approximate surface area is 118 Å². The largest absolute Gasteiger partial charge is 0.508 e. The Balaban J connectivity index is 2.26. The van der Waals surface area contributed by atoms with Gasteiger partial charge < -0.3 is 10.4 Å². The molecule has 106 valence electrons. The van der Waals surface area contributed by atoms with E-state index in [4.69, 9.17) is 0 Å². The number of phenols is 1. The maximum Gasteiger partial charge on any atom is 0.141 e. The lowest BCUT2D eigenvalue weighted by Gasteiger charge is -2.20. The van der Waals surface area contributed by atoms with E-state index in [0.29, 0.717) is 5.75 Å². The Morgan fingerprint density at radius 3 is 2.60 bits per heavy atom. The Hall–Kier alpha value is -2.10. The number of aryl methyl sites for hydroxylation is 2. The predicted octanol–water partition coefficient (Wildman–Crippen LogP) is 4.11. The monoisotopic (exact) mass is 274 g/mol. The highest BCUT2D eigenvalue weighted by Gasteiger charge is 2.13. The van der Waals surface area contributed by atoms with Crippen molar-refractivity contribution in [1.82, 2.24) is 4.98 Å². The molecule has 1 aromatic heterocycles. The van der Waals surface area contributed by atoms with Gasteiger partial charge in [-0.3, -0.25) is 4.98 Å². The number of nitrogens with one attached hydrogen (secondary N) is 1. The minimum absolute atomic E-state index is 0.0123. The van der Waals surface area contributed by atoms with Crippen LogP contribution in [0.3, 0.4) is 0 Å². The Bertz CT molecular complexity index is 596. The molecule has 1 unspecified atom stereocenters. The van der Waals surface area contributed by atoms with Crippen LogP contribution in [0.25, 0.3) is 0 Å². The van der Waals surface area contributed by atoms with E-state index >= 15 is 0 Å². The van der Waals surface area contributed by atoms with Gasteiger partial charge in [-0.1, -0.05) is 6.92 Å². The number of nitrogens with zero attached hydrogens (tertiary/aromatic N) is 1. The van der Waals surface area contributed by atoms with Crippen LogP contribution in [0.5, 0.6) is 5.75 Å². The van der Waals surface area contributed by atoms with E-state index in [0.717, 1.165) is 28.9 Å². The molecule has 1 atom stereocenters. The number of phenolic OH excluding ortho intramolecular Hbond substituents is 1. The molecule has 0 fully saturated rings. The average Bonchev–Trinajstić information content (AvgIpc) is 2.42. The average molecular weight is 274 g/mol. The summed E-state index contributed by atoms with van der Waals surface area (Å²) in [5.74, 6) is -0.0405. The van der Waals surface area contributed by atoms with Gasteiger partial charge in [0.15, 0.2) is 0 Å². The number of halogens is 1. The molecular weight excluding hydrogens is 255 g/mol. The molecule has 0 aliphatic rings. The minimum Gasteiger partial charge on any atom is -0.508 e. The van der Waals surface area contributed by atoms with Gasteiger partial charge in [-0.05, 0) is 55.7 Å². The van der Waals surface area contributed by atoms with Gasteiger partial charge in [0, 0.05) is 5.69 Å². The summed E-state index contributed by atoms with van der Waals surface area (Å²) < 4.78 is 12.9. The summed E-state index contributed by atoms with van der Waals surface area (Å²) in [6.07, 6.45) is 2.06. The second-order valence-corrected chi connectivity index (χ2v) is 4.96. The smallest absolute Gasteiger partial charge is 0.141 e. The van der Waals surface area contributed by atoms with Crippen LogP contribution >= 0.6 is 0 Å². The van der Waals surface area contributed by atoms with Crippen LogP contribution in [-0.2, 0) is 0 Å². The number of pyridine rings is 1. The fourth-order valence-corrected chi connectivity index (χ4v) is 2.12. The standard InChI is InChI=1S/C16H19FN2O/c1-4-13(14-6-5-12(17)9-18-14)19-15-7-11(3)16(20)8-10(15)2/h5-9,13,19-20H,4H2,1-3H3. The van der Waals surface area contributed by atoms with E-state index in [1.807, 2.05) is 26.8 Å². The van der Waals surface area contributed by atoms with E-state index in [1.165, 1.54) is 12.3 Å².